The summed E-state index contributed by atoms with van der Waals surface area (Å²) in [6, 6.07) is 17.5. The Morgan fingerprint density at radius 1 is 1.03 bits per heavy atom. The average molecular weight is 486 g/mol. The molecule has 0 bridgehead atoms. The molecule has 0 atom stereocenters. The van der Waals surface area contributed by atoms with E-state index in [1.807, 2.05) is 37.3 Å². The Kier molecular flexibility index (Phi) is 8.49. The molecule has 174 valence electrons. The molecule has 3 rings (SSSR count). The Morgan fingerprint density at radius 2 is 1.76 bits per heavy atom. The molecule has 0 saturated heterocycles. The van der Waals surface area contributed by atoms with Crippen LogP contribution in [-0.4, -0.2) is 43.3 Å². The van der Waals surface area contributed by atoms with Gasteiger partial charge in [-0.15, -0.1) is 0 Å². The van der Waals surface area contributed by atoms with Gasteiger partial charge in [-0.05, 0) is 49.4 Å². The van der Waals surface area contributed by atoms with Gasteiger partial charge in [-0.25, -0.2) is 13.4 Å². The van der Waals surface area contributed by atoms with Gasteiger partial charge in [0, 0.05) is 24.2 Å². The summed E-state index contributed by atoms with van der Waals surface area (Å²) < 4.78 is 33.0. The van der Waals surface area contributed by atoms with E-state index in [0.29, 0.717) is 36.0 Å². The van der Waals surface area contributed by atoms with E-state index in [1.54, 1.807) is 38.2 Å². The summed E-state index contributed by atoms with van der Waals surface area (Å²) in [5.41, 5.74) is 0.667. The van der Waals surface area contributed by atoms with Crippen LogP contribution < -0.4 is 10.1 Å². The monoisotopic (exact) mass is 485 g/mol. The minimum atomic E-state index is -3.69. The molecule has 0 fully saturated rings. The maximum atomic E-state index is 13.2. The zero-order valence-electron chi connectivity index (χ0n) is 18.8. The van der Waals surface area contributed by atoms with Crippen molar-refractivity contribution in [2.24, 2.45) is 0 Å². The number of carbonyl (C=O) groups is 1. The summed E-state index contributed by atoms with van der Waals surface area (Å²) in [7, 11) is -3.69. The van der Waals surface area contributed by atoms with Gasteiger partial charge >= 0.3 is 0 Å². The van der Waals surface area contributed by atoms with Gasteiger partial charge in [-0.3, -0.25) is 4.79 Å². The molecule has 2 aromatic carbocycles. The molecule has 9 heteroatoms. The van der Waals surface area contributed by atoms with Gasteiger partial charge in [0.25, 0.3) is 5.91 Å². The zero-order valence-corrected chi connectivity index (χ0v) is 20.4. The number of sulfonamides is 1. The Balaban J connectivity index is 1.95. The van der Waals surface area contributed by atoms with Crippen LogP contribution in [0.25, 0.3) is 0 Å². The van der Waals surface area contributed by atoms with Crippen molar-refractivity contribution >= 4 is 33.4 Å². The number of anilines is 1. The van der Waals surface area contributed by atoms with Crippen LogP contribution in [0.2, 0.25) is 0 Å². The highest BCUT2D eigenvalue weighted by Gasteiger charge is 2.24. The number of amides is 1. The molecule has 33 heavy (non-hydrogen) atoms. The van der Waals surface area contributed by atoms with E-state index in [0.717, 1.165) is 4.90 Å². The summed E-state index contributed by atoms with van der Waals surface area (Å²) in [5, 5.41) is 3.37. The van der Waals surface area contributed by atoms with Crippen molar-refractivity contribution in [3.05, 3.63) is 72.4 Å². The molecule has 7 nitrogen and oxygen atoms in total. The molecule has 0 aliphatic heterocycles. The minimum Gasteiger partial charge on any atom is -0.492 e. The lowest BCUT2D eigenvalue weighted by atomic mass is 10.2. The first-order chi connectivity index (χ1) is 15.9. The number of aromatic nitrogens is 1. The third-order valence-corrected chi connectivity index (χ3v) is 7.89. The predicted molar refractivity (Wildman–Crippen MR) is 130 cm³/mol. The highest BCUT2D eigenvalue weighted by Crippen LogP contribution is 2.32. The second kappa shape index (κ2) is 11.3. The van der Waals surface area contributed by atoms with Gasteiger partial charge < -0.3 is 10.1 Å². The molecular formula is C24H27N3O4S2. The molecule has 3 aromatic rings. The van der Waals surface area contributed by atoms with Crippen molar-refractivity contribution < 1.29 is 17.9 Å². The SMILES string of the molecule is CCOc1ccc(S(=O)(=O)N(CC)CC)cc1NC(=O)c1cccnc1Sc1ccccc1. The first kappa shape index (κ1) is 24.8. The Hall–Kier alpha value is -2.88. The highest BCUT2D eigenvalue weighted by molar-refractivity contribution is 7.99. The number of nitrogens with one attached hydrogen (secondary N) is 1. The lowest BCUT2D eigenvalue weighted by Gasteiger charge is -2.20. The zero-order chi connectivity index (χ0) is 23.8. The smallest absolute Gasteiger partial charge is 0.258 e. The number of pyridine rings is 1. The summed E-state index contributed by atoms with van der Waals surface area (Å²) >= 11 is 1.38. The van der Waals surface area contributed by atoms with Crippen molar-refractivity contribution in [3.8, 4) is 5.75 Å². The van der Waals surface area contributed by atoms with Crippen LogP contribution in [0.5, 0.6) is 5.75 Å². The lowest BCUT2D eigenvalue weighted by molar-refractivity contribution is 0.102. The molecule has 0 radical (unpaired) electrons. The largest absolute Gasteiger partial charge is 0.492 e. The van der Waals surface area contributed by atoms with Crippen LogP contribution >= 0.6 is 11.8 Å². The molecule has 0 saturated carbocycles. The third kappa shape index (κ3) is 5.93. The van der Waals surface area contributed by atoms with E-state index >= 15 is 0 Å². The van der Waals surface area contributed by atoms with Crippen molar-refractivity contribution in [1.82, 2.24) is 9.29 Å². The maximum absolute atomic E-state index is 13.2. The van der Waals surface area contributed by atoms with Gasteiger partial charge in [0.1, 0.15) is 10.8 Å². The first-order valence-electron chi connectivity index (χ1n) is 10.7. The predicted octanol–water partition coefficient (Wildman–Crippen LogP) is 4.91. The van der Waals surface area contributed by atoms with Crippen molar-refractivity contribution in [2.75, 3.05) is 25.0 Å². The van der Waals surface area contributed by atoms with Gasteiger partial charge in [-0.1, -0.05) is 43.8 Å². The number of nitrogens with zero attached hydrogens (tertiary/aromatic N) is 2. The summed E-state index contributed by atoms with van der Waals surface area (Å²) in [5.74, 6) is -0.00892. The fraction of sp³-hybridized carbons (Fsp3) is 0.250. The maximum Gasteiger partial charge on any atom is 0.258 e. The van der Waals surface area contributed by atoms with Crippen LogP contribution in [0.15, 0.2) is 81.7 Å². The summed E-state index contributed by atoms with van der Waals surface area (Å²) in [4.78, 5) is 18.6. The minimum absolute atomic E-state index is 0.0926. The second-order valence-electron chi connectivity index (χ2n) is 6.91. The number of hydrogen-bond donors (Lipinski definition) is 1. The van der Waals surface area contributed by atoms with Crippen LogP contribution in [0, 0.1) is 0 Å². The normalized spacial score (nSPS) is 11.4. The first-order valence-corrected chi connectivity index (χ1v) is 12.9. The molecule has 1 heterocycles. The van der Waals surface area contributed by atoms with Crippen LogP contribution in [0.3, 0.4) is 0 Å². The standard InChI is InChI=1S/C24H27N3O4S2/c1-4-27(5-2)33(29,30)19-14-15-22(31-6-3)21(17-19)26-23(28)20-13-10-16-25-24(20)32-18-11-8-7-9-12-18/h7-17H,4-6H2,1-3H3,(H,26,28). The fourth-order valence-corrected chi connectivity index (χ4v) is 5.58. The summed E-state index contributed by atoms with van der Waals surface area (Å²) in [6.07, 6.45) is 1.63. The number of rotatable bonds is 10. The molecule has 1 aromatic heterocycles. The molecule has 1 N–H and O–H groups in total. The Morgan fingerprint density at radius 3 is 2.42 bits per heavy atom. The molecule has 0 unspecified atom stereocenters. The second-order valence-corrected chi connectivity index (χ2v) is 9.91. The lowest BCUT2D eigenvalue weighted by Crippen LogP contribution is -2.30. The number of carbonyl (C=O) groups excluding carboxylic acids is 1. The number of benzene rings is 2. The highest BCUT2D eigenvalue weighted by atomic mass is 32.2. The number of ether oxygens (including phenoxy) is 1. The van der Waals surface area contributed by atoms with Gasteiger partial charge in [-0.2, -0.15) is 4.31 Å². The van der Waals surface area contributed by atoms with Crippen molar-refractivity contribution in [2.45, 2.75) is 35.6 Å². The van der Waals surface area contributed by atoms with E-state index in [-0.39, 0.29) is 10.6 Å². The van der Waals surface area contributed by atoms with E-state index < -0.39 is 15.9 Å². The van der Waals surface area contributed by atoms with Crippen molar-refractivity contribution in [1.29, 1.82) is 0 Å². The fourth-order valence-electron chi connectivity index (χ4n) is 3.20. The van der Waals surface area contributed by atoms with Gasteiger partial charge in [0.2, 0.25) is 10.0 Å². The van der Waals surface area contributed by atoms with E-state index in [2.05, 4.69) is 10.3 Å². The summed E-state index contributed by atoms with van der Waals surface area (Å²) in [6.45, 7) is 6.46. The van der Waals surface area contributed by atoms with Gasteiger partial charge in [0.15, 0.2) is 0 Å². The van der Waals surface area contributed by atoms with E-state index in [9.17, 15) is 13.2 Å². The molecule has 0 aliphatic carbocycles. The van der Waals surface area contributed by atoms with Crippen molar-refractivity contribution in [3.63, 3.8) is 0 Å². The third-order valence-electron chi connectivity index (χ3n) is 4.82. The Labute approximate surface area is 199 Å². The number of hydrogen-bond acceptors (Lipinski definition) is 6. The van der Waals surface area contributed by atoms with Crippen LogP contribution in [0.4, 0.5) is 5.69 Å². The average Bonchev–Trinajstić information content (AvgIpc) is 2.82. The molecular weight excluding hydrogens is 458 g/mol. The van der Waals surface area contributed by atoms with Gasteiger partial charge in [0.05, 0.1) is 22.8 Å². The van der Waals surface area contributed by atoms with E-state index in [1.165, 1.54) is 28.2 Å². The van der Waals surface area contributed by atoms with Crippen LogP contribution in [0.1, 0.15) is 31.1 Å². The van der Waals surface area contributed by atoms with Crippen LogP contribution in [-0.2, 0) is 10.0 Å². The molecule has 0 aliphatic rings. The molecule has 1 amide bonds. The quantitative estimate of drug-likeness (QED) is 0.439. The topological polar surface area (TPSA) is 88.6 Å². The Bertz CT molecular complexity index is 1200. The molecule has 0 spiro atoms. The van der Waals surface area contributed by atoms with E-state index in [4.69, 9.17) is 4.74 Å².